The van der Waals surface area contributed by atoms with Crippen LogP contribution in [0.15, 0.2) is 53.0 Å². The highest BCUT2D eigenvalue weighted by Crippen LogP contribution is 2.26. The number of fused-ring (bicyclic) bond motifs is 1. The quantitative estimate of drug-likeness (QED) is 0.441. The van der Waals surface area contributed by atoms with Gasteiger partial charge in [-0.2, -0.15) is 5.10 Å². The van der Waals surface area contributed by atoms with Crippen molar-refractivity contribution in [1.82, 2.24) is 15.5 Å². The van der Waals surface area contributed by atoms with Crippen LogP contribution in [-0.2, 0) is 6.42 Å². The summed E-state index contributed by atoms with van der Waals surface area (Å²) in [4.78, 5) is 25.2. The molecule has 0 spiro atoms. The molecule has 0 saturated heterocycles. The molecule has 4 N–H and O–H groups in total. The molecule has 1 atom stereocenters. The van der Waals surface area contributed by atoms with E-state index >= 15 is 0 Å². The lowest BCUT2D eigenvalue weighted by Crippen LogP contribution is -2.39. The largest absolute Gasteiger partial charge is 0.383 e. The van der Waals surface area contributed by atoms with E-state index in [0.717, 1.165) is 18.5 Å². The third-order valence-electron chi connectivity index (χ3n) is 4.94. The molecular formula is C21H19BrClN5O2. The van der Waals surface area contributed by atoms with Crippen molar-refractivity contribution >= 4 is 50.9 Å². The molecule has 1 aromatic heterocycles. The van der Waals surface area contributed by atoms with Gasteiger partial charge in [-0.3, -0.25) is 14.7 Å². The van der Waals surface area contributed by atoms with Crippen molar-refractivity contribution < 1.29 is 9.59 Å². The molecule has 1 aliphatic rings. The molecule has 0 fully saturated rings. The minimum Gasteiger partial charge on any atom is -0.383 e. The Morgan fingerprint density at radius 1 is 1.10 bits per heavy atom. The van der Waals surface area contributed by atoms with Crippen molar-refractivity contribution in [3.63, 3.8) is 0 Å². The van der Waals surface area contributed by atoms with Crippen LogP contribution in [0.4, 0.5) is 11.5 Å². The number of hydrogen-bond acceptors (Lipinski definition) is 4. The number of anilines is 2. The first-order valence-electron chi connectivity index (χ1n) is 9.45. The summed E-state index contributed by atoms with van der Waals surface area (Å²) in [5, 5.41) is 16.1. The molecule has 7 nitrogen and oxygen atoms in total. The lowest BCUT2D eigenvalue weighted by Gasteiger charge is -2.16. The van der Waals surface area contributed by atoms with Crippen molar-refractivity contribution in [3.05, 3.63) is 74.8 Å². The van der Waals surface area contributed by atoms with E-state index in [-0.39, 0.29) is 23.5 Å². The minimum atomic E-state index is -0.412. The zero-order valence-electron chi connectivity index (χ0n) is 15.8. The van der Waals surface area contributed by atoms with E-state index in [1.807, 2.05) is 18.2 Å². The Morgan fingerprint density at radius 3 is 2.70 bits per heavy atom. The number of para-hydroxylation sites is 1. The average Bonchev–Trinajstić information content (AvgIpc) is 2.98. The van der Waals surface area contributed by atoms with E-state index in [9.17, 15) is 9.59 Å². The first kappa shape index (κ1) is 20.4. The van der Waals surface area contributed by atoms with E-state index in [1.165, 1.54) is 5.56 Å². The fraction of sp³-hybridized carbons (Fsp3) is 0.190. The van der Waals surface area contributed by atoms with Crippen LogP contribution in [0.1, 0.15) is 32.8 Å². The first-order chi connectivity index (χ1) is 14.5. The van der Waals surface area contributed by atoms with Gasteiger partial charge < -0.3 is 16.0 Å². The number of nitrogens with one attached hydrogen (secondary N) is 4. The van der Waals surface area contributed by atoms with Crippen LogP contribution in [0, 0.1) is 0 Å². The van der Waals surface area contributed by atoms with Crippen LogP contribution in [0.2, 0.25) is 5.02 Å². The van der Waals surface area contributed by atoms with E-state index in [1.54, 1.807) is 24.3 Å². The lowest BCUT2D eigenvalue weighted by molar-refractivity contribution is 0.0930. The highest BCUT2D eigenvalue weighted by Gasteiger charge is 2.23. The molecule has 0 radical (unpaired) electrons. The second kappa shape index (κ2) is 8.89. The van der Waals surface area contributed by atoms with E-state index in [2.05, 4.69) is 48.1 Å². The van der Waals surface area contributed by atoms with Gasteiger partial charge in [0.1, 0.15) is 5.69 Å². The van der Waals surface area contributed by atoms with Gasteiger partial charge in [0.2, 0.25) is 0 Å². The third-order valence-corrected chi connectivity index (χ3v) is 6.04. The summed E-state index contributed by atoms with van der Waals surface area (Å²) in [6, 6.07) is 14.8. The first-order valence-corrected chi connectivity index (χ1v) is 10.6. The molecule has 30 heavy (non-hydrogen) atoms. The van der Waals surface area contributed by atoms with Crippen LogP contribution in [-0.4, -0.2) is 34.6 Å². The molecule has 9 heteroatoms. The molecule has 0 bridgehead atoms. The Morgan fingerprint density at radius 2 is 1.87 bits per heavy atom. The number of carbonyl (C=O) groups excluding carboxylic acids is 2. The Kier molecular flexibility index (Phi) is 6.06. The maximum Gasteiger partial charge on any atom is 0.270 e. The molecule has 4 rings (SSSR count). The van der Waals surface area contributed by atoms with Crippen LogP contribution >= 0.6 is 27.5 Å². The van der Waals surface area contributed by atoms with Gasteiger partial charge in [0.15, 0.2) is 5.82 Å². The summed E-state index contributed by atoms with van der Waals surface area (Å²) < 4.78 is 0.380. The van der Waals surface area contributed by atoms with Crippen LogP contribution < -0.4 is 16.0 Å². The Hall–Kier alpha value is -2.84. The summed E-state index contributed by atoms with van der Waals surface area (Å²) in [6.07, 6.45) is 1.69. The molecule has 0 aliphatic carbocycles. The molecule has 154 valence electrons. The number of halogens is 2. The smallest absolute Gasteiger partial charge is 0.270 e. The van der Waals surface area contributed by atoms with Gasteiger partial charge in [-0.1, -0.05) is 41.9 Å². The van der Waals surface area contributed by atoms with Crippen molar-refractivity contribution in [2.24, 2.45) is 0 Å². The van der Waals surface area contributed by atoms with Crippen molar-refractivity contribution in [3.8, 4) is 0 Å². The summed E-state index contributed by atoms with van der Waals surface area (Å²) >= 11 is 9.42. The van der Waals surface area contributed by atoms with Gasteiger partial charge in [-0.05, 0) is 52.5 Å². The summed E-state index contributed by atoms with van der Waals surface area (Å²) in [6.45, 7) is 0.630. The fourth-order valence-electron chi connectivity index (χ4n) is 3.34. The summed E-state index contributed by atoms with van der Waals surface area (Å²) in [7, 11) is 0. The summed E-state index contributed by atoms with van der Waals surface area (Å²) in [5.41, 5.74) is 2.90. The predicted molar refractivity (Wildman–Crippen MR) is 120 cm³/mol. The van der Waals surface area contributed by atoms with Gasteiger partial charge in [-0.25, -0.2) is 0 Å². The molecular weight excluding hydrogens is 470 g/mol. The molecule has 1 unspecified atom stereocenters. The number of nitrogens with zero attached hydrogens (tertiary/aromatic N) is 1. The van der Waals surface area contributed by atoms with Gasteiger partial charge in [-0.15, -0.1) is 0 Å². The van der Waals surface area contributed by atoms with E-state index in [0.29, 0.717) is 21.6 Å². The number of amides is 2. The zero-order valence-corrected chi connectivity index (χ0v) is 18.2. The topological polar surface area (TPSA) is 98.9 Å². The monoisotopic (exact) mass is 487 g/mol. The van der Waals surface area contributed by atoms with Crippen molar-refractivity contribution in [2.45, 2.75) is 18.9 Å². The van der Waals surface area contributed by atoms with Crippen molar-refractivity contribution in [2.75, 3.05) is 17.2 Å². The maximum absolute atomic E-state index is 12.8. The van der Waals surface area contributed by atoms with Gasteiger partial charge in [0.25, 0.3) is 11.8 Å². The van der Waals surface area contributed by atoms with Gasteiger partial charge >= 0.3 is 0 Å². The highest BCUT2D eigenvalue weighted by atomic mass is 79.9. The van der Waals surface area contributed by atoms with Crippen LogP contribution in [0.25, 0.3) is 0 Å². The number of H-pyrrole nitrogens is 1. The number of benzene rings is 2. The predicted octanol–water partition coefficient (Wildman–Crippen LogP) is 4.23. The van der Waals surface area contributed by atoms with Gasteiger partial charge in [0.05, 0.1) is 15.1 Å². The maximum atomic E-state index is 12.8. The number of aromatic amines is 1. The second-order valence-electron chi connectivity index (χ2n) is 6.94. The minimum absolute atomic E-state index is 0.0405. The number of aryl methyl sites for hydroxylation is 1. The Balaban J connectivity index is 1.41. The normalized spacial score (nSPS) is 15.5. The van der Waals surface area contributed by atoms with Crippen molar-refractivity contribution in [1.29, 1.82) is 0 Å². The second-order valence-corrected chi connectivity index (χ2v) is 8.14. The molecule has 1 aliphatic heterocycles. The average molecular weight is 489 g/mol. The van der Waals surface area contributed by atoms with E-state index in [4.69, 9.17) is 11.6 Å². The number of aromatic nitrogens is 2. The number of hydrogen-bond donors (Lipinski definition) is 4. The van der Waals surface area contributed by atoms with Crippen LogP contribution in [0.5, 0.6) is 0 Å². The standard InChI is InChI=1S/C21H19BrClN5O2/c22-17-18(27-28-19(17)26-20(29)14-6-2-3-7-15(14)23)21(30)25-13-10-9-12-5-1-4-8-16(12)24-11-13/h1-8,13,24H,9-11H2,(H,25,30)(H2,26,27,28,29). The lowest BCUT2D eigenvalue weighted by atomic mass is 10.1. The Bertz CT molecular complexity index is 1070. The SMILES string of the molecule is O=C(Nc1n[nH]c(C(=O)NC2CCc3ccccc3NC2)c1Br)c1ccccc1Cl. The molecule has 2 aromatic carbocycles. The molecule has 2 heterocycles. The zero-order chi connectivity index (χ0) is 21.1. The van der Waals surface area contributed by atoms with E-state index < -0.39 is 5.91 Å². The molecule has 0 saturated carbocycles. The molecule has 3 aromatic rings. The fourth-order valence-corrected chi connectivity index (χ4v) is 4.02. The highest BCUT2D eigenvalue weighted by molar-refractivity contribution is 9.10. The van der Waals surface area contributed by atoms with Crippen LogP contribution in [0.3, 0.4) is 0 Å². The number of carbonyl (C=O) groups is 2. The number of rotatable bonds is 4. The summed E-state index contributed by atoms with van der Waals surface area (Å²) in [5.74, 6) is -0.493. The Labute approximate surface area is 186 Å². The third kappa shape index (κ3) is 4.34. The molecule has 2 amide bonds. The van der Waals surface area contributed by atoms with Gasteiger partial charge in [0, 0.05) is 18.3 Å².